The van der Waals surface area contributed by atoms with Gasteiger partial charge in [0.1, 0.15) is 5.69 Å². The number of carbonyl (C=O) groups excluding carboxylic acids is 2. The van der Waals surface area contributed by atoms with E-state index >= 15 is 0 Å². The lowest BCUT2D eigenvalue weighted by Gasteiger charge is -2.09. The molecule has 1 aliphatic rings. The van der Waals surface area contributed by atoms with Crippen molar-refractivity contribution in [1.82, 2.24) is 29.7 Å². The Hall–Kier alpha value is -4.47. The molecule has 1 saturated heterocycles. The first kappa shape index (κ1) is 23.9. The van der Waals surface area contributed by atoms with Gasteiger partial charge in [-0.3, -0.25) is 14.5 Å². The van der Waals surface area contributed by atoms with E-state index in [2.05, 4.69) is 10.3 Å². The Labute approximate surface area is 227 Å². The molecular formula is C28H19ClN6O2S. The third-order valence-corrected chi connectivity index (χ3v) is 7.05. The van der Waals surface area contributed by atoms with Crippen LogP contribution in [0.3, 0.4) is 0 Å². The second-order valence-electron chi connectivity index (χ2n) is 8.48. The molecule has 0 N–H and O–H groups in total. The van der Waals surface area contributed by atoms with Gasteiger partial charge in [0.15, 0.2) is 0 Å². The number of imide groups is 1. The lowest BCUT2D eigenvalue weighted by Crippen LogP contribution is -2.27. The van der Waals surface area contributed by atoms with Crippen molar-refractivity contribution in [1.29, 1.82) is 0 Å². The van der Waals surface area contributed by atoms with Crippen molar-refractivity contribution in [3.05, 3.63) is 119 Å². The zero-order valence-electron chi connectivity index (χ0n) is 19.8. The molecule has 2 aromatic heterocycles. The van der Waals surface area contributed by atoms with Gasteiger partial charge in [-0.1, -0.05) is 71.4 Å². The number of hydrogen-bond donors (Lipinski definition) is 0. The number of benzene rings is 3. The highest BCUT2D eigenvalue weighted by atomic mass is 35.5. The van der Waals surface area contributed by atoms with Crippen LogP contribution in [0.2, 0.25) is 5.02 Å². The quantitative estimate of drug-likeness (QED) is 0.246. The summed E-state index contributed by atoms with van der Waals surface area (Å²) >= 11 is 6.97. The van der Waals surface area contributed by atoms with E-state index in [9.17, 15) is 9.59 Å². The zero-order valence-corrected chi connectivity index (χ0v) is 21.4. The first-order valence-electron chi connectivity index (χ1n) is 11.7. The third-order valence-electron chi connectivity index (χ3n) is 5.90. The molecule has 0 atom stereocenters. The Balaban J connectivity index is 1.29. The van der Waals surface area contributed by atoms with Crippen LogP contribution in [0.15, 0.2) is 102 Å². The molecule has 3 aromatic carbocycles. The van der Waals surface area contributed by atoms with E-state index in [-0.39, 0.29) is 17.7 Å². The minimum atomic E-state index is -0.385. The zero-order chi connectivity index (χ0) is 26.1. The monoisotopic (exact) mass is 538 g/mol. The van der Waals surface area contributed by atoms with Crippen LogP contribution < -0.4 is 0 Å². The Morgan fingerprint density at radius 3 is 2.34 bits per heavy atom. The Bertz CT molecular complexity index is 1680. The number of amides is 2. The minimum absolute atomic E-state index is 0.0113. The summed E-state index contributed by atoms with van der Waals surface area (Å²) in [6, 6.07) is 26.6. The van der Waals surface area contributed by atoms with Crippen molar-refractivity contribution in [3.8, 4) is 22.6 Å². The fourth-order valence-electron chi connectivity index (χ4n) is 4.08. The lowest BCUT2D eigenvalue weighted by molar-refractivity contribution is -0.123. The van der Waals surface area contributed by atoms with Crippen molar-refractivity contribution in [2.24, 2.45) is 0 Å². The maximum Gasteiger partial charge on any atom is 0.293 e. The second kappa shape index (κ2) is 10.1. The maximum absolute atomic E-state index is 13.3. The van der Waals surface area contributed by atoms with Crippen molar-refractivity contribution in [2.45, 2.75) is 6.54 Å². The van der Waals surface area contributed by atoms with Gasteiger partial charge in [0.05, 0.1) is 34.7 Å². The predicted molar refractivity (Wildman–Crippen MR) is 147 cm³/mol. The molecule has 38 heavy (non-hydrogen) atoms. The van der Waals surface area contributed by atoms with Crippen LogP contribution in [-0.4, -0.2) is 40.8 Å². The van der Waals surface area contributed by atoms with Crippen LogP contribution in [0.25, 0.3) is 28.7 Å². The molecule has 0 bridgehead atoms. The predicted octanol–water partition coefficient (Wildman–Crippen LogP) is 6.01. The van der Waals surface area contributed by atoms with Crippen LogP contribution in [0.4, 0.5) is 4.79 Å². The van der Waals surface area contributed by atoms with Gasteiger partial charge in [-0.05, 0) is 48.2 Å². The summed E-state index contributed by atoms with van der Waals surface area (Å²) in [5.41, 5.74) is 4.46. The molecule has 2 amide bonds. The summed E-state index contributed by atoms with van der Waals surface area (Å²) in [4.78, 5) is 27.6. The van der Waals surface area contributed by atoms with Crippen LogP contribution in [0, 0.1) is 0 Å². The summed E-state index contributed by atoms with van der Waals surface area (Å²) in [5, 5.41) is 13.2. The van der Waals surface area contributed by atoms with Gasteiger partial charge in [0.25, 0.3) is 11.1 Å². The largest absolute Gasteiger partial charge is 0.293 e. The van der Waals surface area contributed by atoms with Gasteiger partial charge < -0.3 is 0 Å². The second-order valence-corrected chi connectivity index (χ2v) is 9.91. The average Bonchev–Trinajstić information content (AvgIpc) is 3.65. The number of carbonyl (C=O) groups is 2. The fourth-order valence-corrected chi connectivity index (χ4v) is 5.10. The summed E-state index contributed by atoms with van der Waals surface area (Å²) in [6.07, 6.45) is 5.26. The first-order chi connectivity index (χ1) is 18.5. The number of halogens is 1. The van der Waals surface area contributed by atoms with E-state index in [4.69, 9.17) is 16.7 Å². The molecule has 8 nitrogen and oxygen atoms in total. The Morgan fingerprint density at radius 2 is 1.58 bits per heavy atom. The van der Waals surface area contributed by atoms with E-state index < -0.39 is 0 Å². The number of aromatic nitrogens is 5. The molecule has 0 spiro atoms. The Morgan fingerprint density at radius 1 is 0.842 bits per heavy atom. The SMILES string of the molecule is O=C1S/C(=C\c2cn(-c3ccccc3)nc2-c2ccccc2)C(=O)N1Cc1cn(-c2cccc(Cl)c2)nn1. The standard InChI is InChI=1S/C28H19ClN6O2S/c29-21-10-7-13-24(15-21)35-18-22(30-32-35)17-33-27(36)25(38-28(33)37)14-20-16-34(23-11-5-2-6-12-23)31-26(20)19-8-3-1-4-9-19/h1-16,18H,17H2/b25-14-. The highest BCUT2D eigenvalue weighted by Gasteiger charge is 2.36. The summed E-state index contributed by atoms with van der Waals surface area (Å²) < 4.78 is 3.33. The molecule has 6 rings (SSSR count). The van der Waals surface area contributed by atoms with E-state index in [1.54, 1.807) is 33.8 Å². The van der Waals surface area contributed by atoms with E-state index in [1.165, 1.54) is 4.90 Å². The van der Waals surface area contributed by atoms with Crippen molar-refractivity contribution >= 4 is 40.6 Å². The van der Waals surface area contributed by atoms with E-state index in [0.29, 0.717) is 21.3 Å². The normalized spacial score (nSPS) is 14.6. The number of rotatable bonds is 6. The maximum atomic E-state index is 13.3. The van der Waals surface area contributed by atoms with Crippen LogP contribution in [0.1, 0.15) is 11.3 Å². The summed E-state index contributed by atoms with van der Waals surface area (Å²) in [7, 11) is 0. The molecule has 1 fully saturated rings. The first-order valence-corrected chi connectivity index (χ1v) is 12.9. The van der Waals surface area contributed by atoms with E-state index in [0.717, 1.165) is 34.3 Å². The third kappa shape index (κ3) is 4.77. The van der Waals surface area contributed by atoms with Gasteiger partial charge in [-0.25, -0.2) is 9.36 Å². The van der Waals surface area contributed by atoms with Crippen molar-refractivity contribution in [3.63, 3.8) is 0 Å². The number of thioether (sulfide) groups is 1. The van der Waals surface area contributed by atoms with Gasteiger partial charge >= 0.3 is 0 Å². The lowest BCUT2D eigenvalue weighted by atomic mass is 10.1. The fraction of sp³-hybridized carbons (Fsp3) is 0.0357. The number of para-hydroxylation sites is 1. The van der Waals surface area contributed by atoms with Gasteiger partial charge in [0, 0.05) is 22.3 Å². The molecule has 3 heterocycles. The van der Waals surface area contributed by atoms with E-state index in [1.807, 2.05) is 79.0 Å². The van der Waals surface area contributed by atoms with Crippen molar-refractivity contribution < 1.29 is 9.59 Å². The average molecular weight is 539 g/mol. The minimum Gasteiger partial charge on any atom is -0.268 e. The van der Waals surface area contributed by atoms with Gasteiger partial charge in [0.2, 0.25) is 0 Å². The molecule has 5 aromatic rings. The molecule has 0 saturated carbocycles. The number of hydrogen-bond acceptors (Lipinski definition) is 6. The Kier molecular flexibility index (Phi) is 6.36. The van der Waals surface area contributed by atoms with Crippen LogP contribution >= 0.6 is 23.4 Å². The highest BCUT2D eigenvalue weighted by Crippen LogP contribution is 2.35. The molecule has 1 aliphatic heterocycles. The molecule has 186 valence electrons. The smallest absolute Gasteiger partial charge is 0.268 e. The van der Waals surface area contributed by atoms with Crippen LogP contribution in [0.5, 0.6) is 0 Å². The summed E-state index contributed by atoms with van der Waals surface area (Å²) in [5.74, 6) is -0.385. The topological polar surface area (TPSA) is 85.9 Å². The summed E-state index contributed by atoms with van der Waals surface area (Å²) in [6.45, 7) is 0.0113. The van der Waals surface area contributed by atoms with Crippen LogP contribution in [-0.2, 0) is 11.3 Å². The number of nitrogens with zero attached hydrogens (tertiary/aromatic N) is 6. The molecular weight excluding hydrogens is 520 g/mol. The van der Waals surface area contributed by atoms with Crippen molar-refractivity contribution in [2.75, 3.05) is 0 Å². The molecule has 0 aliphatic carbocycles. The van der Waals surface area contributed by atoms with Gasteiger partial charge in [-0.2, -0.15) is 5.10 Å². The molecule has 0 unspecified atom stereocenters. The molecule has 0 radical (unpaired) electrons. The highest BCUT2D eigenvalue weighted by molar-refractivity contribution is 8.18. The molecule has 10 heteroatoms. The van der Waals surface area contributed by atoms with Gasteiger partial charge in [-0.15, -0.1) is 5.10 Å².